The van der Waals surface area contributed by atoms with E-state index < -0.39 is 10.0 Å². The normalized spacial score (nSPS) is 29.6. The van der Waals surface area contributed by atoms with E-state index in [0.717, 1.165) is 13.1 Å². The van der Waals surface area contributed by atoms with Crippen molar-refractivity contribution in [3.63, 3.8) is 0 Å². The quantitative estimate of drug-likeness (QED) is 0.741. The monoisotopic (exact) mass is 278 g/mol. The molecule has 0 amide bonds. The number of nitrogens with zero attached hydrogens (tertiary/aromatic N) is 1. The number of aromatic amines is 1. The number of aromatic nitrogens is 2. The zero-order valence-corrected chi connectivity index (χ0v) is 10.9. The molecular weight excluding hydrogens is 264 g/mol. The minimum Gasteiger partial charge on any atom is -0.345 e. The molecule has 3 heterocycles. The van der Waals surface area contributed by atoms with Gasteiger partial charge in [-0.2, -0.15) is 0 Å². The Morgan fingerprint density at radius 2 is 2.11 bits per heavy atom. The Hall–Kier alpha value is -1.44. The van der Waals surface area contributed by atoms with Gasteiger partial charge in [0.25, 0.3) is 0 Å². The minimum absolute atomic E-state index is 0.0906. The first-order chi connectivity index (χ1) is 9.17. The van der Waals surface area contributed by atoms with Gasteiger partial charge < -0.3 is 10.3 Å². The molecule has 100 valence electrons. The number of sulfonamides is 1. The van der Waals surface area contributed by atoms with Crippen molar-refractivity contribution in [2.45, 2.75) is 10.9 Å². The van der Waals surface area contributed by atoms with Gasteiger partial charge in [0.2, 0.25) is 10.0 Å². The number of rotatable bonds is 3. The standard InChI is InChI=1S/C12H14N4O2S/c17-19(18,16-11-8-4-13-5-9(8)11)10-6-15-12-7(10)2-1-3-14-12/h1-3,6,8-9,11,13,16H,4-5H2,(H,14,15). The fourth-order valence-corrected chi connectivity index (χ4v) is 4.49. The van der Waals surface area contributed by atoms with Crippen LogP contribution in [0.2, 0.25) is 0 Å². The predicted octanol–water partition coefficient (Wildman–Crippen LogP) is 0.0590. The maximum atomic E-state index is 12.4. The van der Waals surface area contributed by atoms with Crippen LogP contribution in [0.25, 0.3) is 11.0 Å². The minimum atomic E-state index is -3.47. The molecule has 1 saturated heterocycles. The van der Waals surface area contributed by atoms with Crippen LogP contribution in [0.15, 0.2) is 29.4 Å². The molecule has 2 unspecified atom stereocenters. The van der Waals surface area contributed by atoms with Gasteiger partial charge in [0.15, 0.2) is 0 Å². The summed E-state index contributed by atoms with van der Waals surface area (Å²) in [6, 6.07) is 3.60. The molecule has 7 heteroatoms. The molecule has 2 aromatic heterocycles. The summed E-state index contributed by atoms with van der Waals surface area (Å²) in [4.78, 5) is 7.29. The van der Waals surface area contributed by atoms with E-state index in [-0.39, 0.29) is 10.9 Å². The average Bonchev–Trinajstić information content (AvgIpc) is 2.86. The van der Waals surface area contributed by atoms with Crippen molar-refractivity contribution in [2.75, 3.05) is 13.1 Å². The smallest absolute Gasteiger partial charge is 0.243 e. The highest BCUT2D eigenvalue weighted by molar-refractivity contribution is 7.89. The fourth-order valence-electron chi connectivity index (χ4n) is 2.99. The second-order valence-corrected chi connectivity index (χ2v) is 6.87. The van der Waals surface area contributed by atoms with Crippen LogP contribution in [0.4, 0.5) is 0 Å². The maximum absolute atomic E-state index is 12.4. The second kappa shape index (κ2) is 3.78. The van der Waals surface area contributed by atoms with Crippen LogP contribution in [0, 0.1) is 11.8 Å². The summed E-state index contributed by atoms with van der Waals surface area (Å²) in [6.45, 7) is 1.82. The van der Waals surface area contributed by atoms with E-state index in [1.54, 1.807) is 18.3 Å². The van der Waals surface area contributed by atoms with Gasteiger partial charge in [-0.15, -0.1) is 0 Å². The first-order valence-electron chi connectivity index (χ1n) is 6.32. The number of hydrogen-bond acceptors (Lipinski definition) is 4. The van der Waals surface area contributed by atoms with Crippen LogP contribution in [-0.2, 0) is 10.0 Å². The Morgan fingerprint density at radius 3 is 2.89 bits per heavy atom. The maximum Gasteiger partial charge on any atom is 0.243 e. The molecule has 0 spiro atoms. The molecule has 0 aromatic carbocycles. The first kappa shape index (κ1) is 11.4. The molecule has 2 atom stereocenters. The Balaban J connectivity index is 1.67. The van der Waals surface area contributed by atoms with Crippen LogP contribution < -0.4 is 10.0 Å². The summed E-state index contributed by atoms with van der Waals surface area (Å²) < 4.78 is 27.6. The fraction of sp³-hybridized carbons (Fsp3) is 0.417. The van der Waals surface area contributed by atoms with Crippen LogP contribution >= 0.6 is 0 Å². The topological polar surface area (TPSA) is 86.9 Å². The summed E-state index contributed by atoms with van der Waals surface area (Å²) in [5.41, 5.74) is 0.598. The van der Waals surface area contributed by atoms with Gasteiger partial charge in [0, 0.05) is 23.8 Å². The Morgan fingerprint density at radius 1 is 1.32 bits per heavy atom. The third-order valence-electron chi connectivity index (χ3n) is 4.09. The molecule has 6 nitrogen and oxygen atoms in total. The lowest BCUT2D eigenvalue weighted by molar-refractivity contribution is 0.566. The molecule has 19 heavy (non-hydrogen) atoms. The summed E-state index contributed by atoms with van der Waals surface area (Å²) in [5.74, 6) is 0.913. The molecular formula is C12H14N4O2S. The molecule has 2 aliphatic rings. The van der Waals surface area contributed by atoms with Gasteiger partial charge in [-0.1, -0.05) is 0 Å². The molecule has 1 aliphatic carbocycles. The lowest BCUT2D eigenvalue weighted by atomic mass is 10.3. The predicted molar refractivity (Wildman–Crippen MR) is 70.1 cm³/mol. The first-order valence-corrected chi connectivity index (χ1v) is 7.80. The summed E-state index contributed by atoms with van der Waals surface area (Å²) in [5, 5.41) is 3.89. The number of fused-ring (bicyclic) bond motifs is 2. The van der Waals surface area contributed by atoms with E-state index >= 15 is 0 Å². The van der Waals surface area contributed by atoms with E-state index in [1.807, 2.05) is 0 Å². The Kier molecular flexibility index (Phi) is 2.27. The van der Waals surface area contributed by atoms with Crippen molar-refractivity contribution in [2.24, 2.45) is 11.8 Å². The zero-order valence-electron chi connectivity index (χ0n) is 10.1. The Labute approximate surface area is 110 Å². The van der Waals surface area contributed by atoms with Gasteiger partial charge in [-0.05, 0) is 37.1 Å². The highest BCUT2D eigenvalue weighted by Gasteiger charge is 2.54. The van der Waals surface area contributed by atoms with Gasteiger partial charge in [-0.3, -0.25) is 0 Å². The number of nitrogens with one attached hydrogen (secondary N) is 3. The molecule has 4 rings (SSSR count). The highest BCUT2D eigenvalue weighted by Crippen LogP contribution is 2.42. The van der Waals surface area contributed by atoms with Crippen LogP contribution in [0.3, 0.4) is 0 Å². The Bertz CT molecular complexity index is 729. The number of H-pyrrole nitrogens is 1. The largest absolute Gasteiger partial charge is 0.345 e. The van der Waals surface area contributed by atoms with Crippen LogP contribution in [0.1, 0.15) is 0 Å². The van der Waals surface area contributed by atoms with E-state index in [2.05, 4.69) is 20.0 Å². The van der Waals surface area contributed by atoms with Crippen molar-refractivity contribution >= 4 is 21.1 Å². The molecule has 1 saturated carbocycles. The van der Waals surface area contributed by atoms with Gasteiger partial charge in [0.05, 0.1) is 0 Å². The van der Waals surface area contributed by atoms with E-state index in [1.165, 1.54) is 6.20 Å². The van der Waals surface area contributed by atoms with Crippen LogP contribution in [-0.4, -0.2) is 37.5 Å². The number of hydrogen-bond donors (Lipinski definition) is 3. The molecule has 0 bridgehead atoms. The van der Waals surface area contributed by atoms with E-state index in [0.29, 0.717) is 22.9 Å². The summed E-state index contributed by atoms with van der Waals surface area (Å²) in [6.07, 6.45) is 3.15. The third-order valence-corrected chi connectivity index (χ3v) is 5.58. The van der Waals surface area contributed by atoms with Crippen molar-refractivity contribution in [1.29, 1.82) is 0 Å². The second-order valence-electron chi connectivity index (χ2n) is 5.19. The van der Waals surface area contributed by atoms with E-state index in [4.69, 9.17) is 0 Å². The zero-order chi connectivity index (χ0) is 13.0. The van der Waals surface area contributed by atoms with Crippen LogP contribution in [0.5, 0.6) is 0 Å². The highest BCUT2D eigenvalue weighted by atomic mass is 32.2. The lowest BCUT2D eigenvalue weighted by Crippen LogP contribution is -2.32. The SMILES string of the molecule is O=S(=O)(NC1C2CNCC21)c1c[nH]c2ncccc12. The van der Waals surface area contributed by atoms with Gasteiger partial charge in [0.1, 0.15) is 10.5 Å². The van der Waals surface area contributed by atoms with E-state index in [9.17, 15) is 8.42 Å². The number of piperidine rings is 1. The third kappa shape index (κ3) is 1.69. The number of pyridine rings is 1. The van der Waals surface area contributed by atoms with Gasteiger partial charge in [-0.25, -0.2) is 18.1 Å². The average molecular weight is 278 g/mol. The molecule has 3 N–H and O–H groups in total. The van der Waals surface area contributed by atoms with Gasteiger partial charge >= 0.3 is 0 Å². The van der Waals surface area contributed by atoms with Crippen molar-refractivity contribution < 1.29 is 8.42 Å². The molecule has 2 aromatic rings. The van der Waals surface area contributed by atoms with Crippen molar-refractivity contribution in [3.05, 3.63) is 24.5 Å². The molecule has 1 aliphatic heterocycles. The molecule has 2 fully saturated rings. The lowest BCUT2D eigenvalue weighted by Gasteiger charge is -2.07. The summed E-state index contributed by atoms with van der Waals surface area (Å²) >= 11 is 0. The van der Waals surface area contributed by atoms with Crippen molar-refractivity contribution in [1.82, 2.24) is 20.0 Å². The van der Waals surface area contributed by atoms with Crippen molar-refractivity contribution in [3.8, 4) is 0 Å². The molecule has 0 radical (unpaired) electrons. The summed E-state index contributed by atoms with van der Waals surface area (Å²) in [7, 11) is -3.47.